The van der Waals surface area contributed by atoms with Crippen LogP contribution in [0.15, 0.2) is 83.9 Å². The largest absolute Gasteiger partial charge is 0.346 e. The van der Waals surface area contributed by atoms with Crippen LogP contribution in [0.4, 0.5) is 0 Å². The average Bonchev–Trinajstić information content (AvgIpc) is 3.24. The van der Waals surface area contributed by atoms with Gasteiger partial charge in [-0.2, -0.15) is 10.2 Å². The molecule has 2 aromatic heterocycles. The predicted molar refractivity (Wildman–Crippen MR) is 114 cm³/mol. The predicted octanol–water partition coefficient (Wildman–Crippen LogP) is 3.06. The molecule has 0 radical (unpaired) electrons. The van der Waals surface area contributed by atoms with Crippen LogP contribution in [-0.4, -0.2) is 25.5 Å². The van der Waals surface area contributed by atoms with Gasteiger partial charge >= 0.3 is 0 Å². The minimum absolute atomic E-state index is 0.177. The van der Waals surface area contributed by atoms with E-state index in [-0.39, 0.29) is 23.7 Å². The molecule has 0 aliphatic rings. The first-order chi connectivity index (χ1) is 14.6. The van der Waals surface area contributed by atoms with Crippen molar-refractivity contribution in [3.8, 4) is 5.69 Å². The lowest BCUT2D eigenvalue weighted by Crippen LogP contribution is -2.29. The van der Waals surface area contributed by atoms with Crippen LogP contribution < -0.4 is 10.9 Å². The Balaban J connectivity index is 1.42. The first-order valence-electron chi connectivity index (χ1n) is 9.28. The van der Waals surface area contributed by atoms with E-state index < -0.39 is 0 Å². The van der Waals surface area contributed by atoms with Gasteiger partial charge in [0.1, 0.15) is 5.69 Å². The minimum Gasteiger partial charge on any atom is -0.346 e. The first-order valence-corrected chi connectivity index (χ1v) is 9.66. The Morgan fingerprint density at radius 2 is 1.73 bits per heavy atom. The van der Waals surface area contributed by atoms with Gasteiger partial charge < -0.3 is 5.32 Å². The fourth-order valence-corrected chi connectivity index (χ4v) is 3.02. The number of carbonyl (C=O) groups is 1. The standard InChI is InChI=1S/C22H18ClN5O2/c23-18-6-8-19(9-7-18)27-15-17(13-25-27)12-24-22(30)20-10-11-21(29)28(26-20)14-16-4-2-1-3-5-16/h1-11,13,15H,12,14H2,(H,24,30). The second kappa shape index (κ2) is 8.75. The van der Waals surface area contributed by atoms with E-state index in [2.05, 4.69) is 15.5 Å². The number of hydrogen-bond acceptors (Lipinski definition) is 4. The molecule has 8 heteroatoms. The molecule has 0 spiro atoms. The fraction of sp³-hybridized carbons (Fsp3) is 0.0909. The Bertz CT molecular complexity index is 1220. The van der Waals surface area contributed by atoms with Crippen molar-refractivity contribution in [3.63, 3.8) is 0 Å². The van der Waals surface area contributed by atoms with Crippen LogP contribution in [0, 0.1) is 0 Å². The number of benzene rings is 2. The average molecular weight is 420 g/mol. The van der Waals surface area contributed by atoms with E-state index in [1.54, 1.807) is 23.0 Å². The van der Waals surface area contributed by atoms with Crippen LogP contribution >= 0.6 is 11.6 Å². The zero-order valence-electron chi connectivity index (χ0n) is 15.9. The van der Waals surface area contributed by atoms with Gasteiger partial charge in [-0.05, 0) is 35.9 Å². The number of amides is 1. The number of aromatic nitrogens is 4. The summed E-state index contributed by atoms with van der Waals surface area (Å²) >= 11 is 5.91. The van der Waals surface area contributed by atoms with E-state index in [0.717, 1.165) is 16.8 Å². The number of hydrogen-bond donors (Lipinski definition) is 1. The molecule has 0 aliphatic heterocycles. The molecule has 0 saturated heterocycles. The van der Waals surface area contributed by atoms with Crippen LogP contribution in [-0.2, 0) is 13.1 Å². The van der Waals surface area contributed by atoms with Crippen LogP contribution in [0.25, 0.3) is 5.69 Å². The molecule has 1 N–H and O–H groups in total. The van der Waals surface area contributed by atoms with Gasteiger partial charge in [-0.3, -0.25) is 9.59 Å². The van der Waals surface area contributed by atoms with E-state index in [1.165, 1.54) is 16.8 Å². The molecular formula is C22H18ClN5O2. The molecule has 0 saturated carbocycles. The van der Waals surface area contributed by atoms with E-state index in [9.17, 15) is 9.59 Å². The van der Waals surface area contributed by atoms with Crippen LogP contribution in [0.5, 0.6) is 0 Å². The molecule has 0 atom stereocenters. The SMILES string of the molecule is O=C(NCc1cnn(-c2ccc(Cl)cc2)c1)c1ccc(=O)n(Cc2ccccc2)n1. The van der Waals surface area contributed by atoms with Crippen molar-refractivity contribution >= 4 is 17.5 Å². The van der Waals surface area contributed by atoms with Crippen molar-refractivity contribution in [3.05, 3.63) is 111 Å². The van der Waals surface area contributed by atoms with E-state index in [0.29, 0.717) is 11.6 Å². The summed E-state index contributed by atoms with van der Waals surface area (Å²) in [5.41, 5.74) is 2.54. The van der Waals surface area contributed by atoms with Gasteiger partial charge in [-0.25, -0.2) is 9.36 Å². The molecule has 4 aromatic rings. The summed E-state index contributed by atoms with van der Waals surface area (Å²) in [5.74, 6) is -0.365. The second-order valence-electron chi connectivity index (χ2n) is 6.65. The summed E-state index contributed by atoms with van der Waals surface area (Å²) in [6.45, 7) is 0.584. The van der Waals surface area contributed by atoms with Crippen molar-refractivity contribution in [1.29, 1.82) is 0 Å². The maximum Gasteiger partial charge on any atom is 0.271 e. The summed E-state index contributed by atoms with van der Waals surface area (Å²) < 4.78 is 2.99. The van der Waals surface area contributed by atoms with Crippen LogP contribution in [0.3, 0.4) is 0 Å². The smallest absolute Gasteiger partial charge is 0.271 e. The maximum atomic E-state index is 12.5. The van der Waals surface area contributed by atoms with E-state index in [4.69, 9.17) is 11.6 Å². The molecule has 1 amide bonds. The second-order valence-corrected chi connectivity index (χ2v) is 7.09. The molecule has 2 aromatic carbocycles. The summed E-state index contributed by atoms with van der Waals surface area (Å²) in [6.07, 6.45) is 3.51. The third-order valence-electron chi connectivity index (χ3n) is 4.45. The van der Waals surface area contributed by atoms with Gasteiger partial charge in [-0.15, -0.1) is 0 Å². The summed E-state index contributed by atoms with van der Waals surface area (Å²) in [7, 11) is 0. The van der Waals surface area contributed by atoms with Gasteiger partial charge in [0.2, 0.25) is 0 Å². The van der Waals surface area contributed by atoms with Gasteiger partial charge in [0.15, 0.2) is 0 Å². The normalized spacial score (nSPS) is 10.7. The van der Waals surface area contributed by atoms with Crippen molar-refractivity contribution in [2.75, 3.05) is 0 Å². The molecule has 0 bridgehead atoms. The van der Waals surface area contributed by atoms with Gasteiger partial charge in [0, 0.05) is 29.4 Å². The monoisotopic (exact) mass is 419 g/mol. The molecule has 0 aliphatic carbocycles. The van der Waals surface area contributed by atoms with Crippen LogP contribution in [0.2, 0.25) is 5.02 Å². The Hall–Kier alpha value is -3.71. The molecular weight excluding hydrogens is 402 g/mol. The summed E-state index contributed by atoms with van der Waals surface area (Å²) in [6, 6.07) is 19.6. The van der Waals surface area contributed by atoms with Gasteiger partial charge in [-0.1, -0.05) is 41.9 Å². The fourth-order valence-electron chi connectivity index (χ4n) is 2.90. The minimum atomic E-state index is -0.365. The summed E-state index contributed by atoms with van der Waals surface area (Å²) in [4.78, 5) is 24.6. The molecule has 150 valence electrons. The first kappa shape index (κ1) is 19.6. The number of carbonyl (C=O) groups excluding carboxylic acids is 1. The molecule has 4 rings (SSSR count). The van der Waals surface area contributed by atoms with Crippen molar-refractivity contribution in [2.24, 2.45) is 0 Å². The third-order valence-corrected chi connectivity index (χ3v) is 4.71. The third kappa shape index (κ3) is 4.64. The molecule has 30 heavy (non-hydrogen) atoms. The Morgan fingerprint density at radius 3 is 2.50 bits per heavy atom. The number of halogens is 1. The molecule has 2 heterocycles. The van der Waals surface area contributed by atoms with Gasteiger partial charge in [0.25, 0.3) is 11.5 Å². The van der Waals surface area contributed by atoms with Crippen molar-refractivity contribution < 1.29 is 4.79 Å². The molecule has 0 fully saturated rings. The highest BCUT2D eigenvalue weighted by Gasteiger charge is 2.11. The number of rotatable bonds is 6. The topological polar surface area (TPSA) is 81.8 Å². The zero-order chi connectivity index (χ0) is 20.9. The Kier molecular flexibility index (Phi) is 5.72. The Labute approximate surface area is 177 Å². The van der Waals surface area contributed by atoms with Gasteiger partial charge in [0.05, 0.1) is 18.4 Å². The maximum absolute atomic E-state index is 12.5. The molecule has 7 nitrogen and oxygen atoms in total. The van der Waals surface area contributed by atoms with Crippen LogP contribution in [0.1, 0.15) is 21.6 Å². The Morgan fingerprint density at radius 1 is 0.967 bits per heavy atom. The number of nitrogens with zero attached hydrogens (tertiary/aromatic N) is 4. The lowest BCUT2D eigenvalue weighted by Gasteiger charge is -2.07. The number of nitrogens with one attached hydrogen (secondary N) is 1. The molecule has 0 unspecified atom stereocenters. The quantitative estimate of drug-likeness (QED) is 0.520. The van der Waals surface area contributed by atoms with Crippen molar-refractivity contribution in [1.82, 2.24) is 24.9 Å². The zero-order valence-corrected chi connectivity index (χ0v) is 16.7. The lowest BCUT2D eigenvalue weighted by atomic mass is 10.2. The highest BCUT2D eigenvalue weighted by atomic mass is 35.5. The van der Waals surface area contributed by atoms with E-state index >= 15 is 0 Å². The lowest BCUT2D eigenvalue weighted by molar-refractivity contribution is 0.0943. The highest BCUT2D eigenvalue weighted by molar-refractivity contribution is 6.30. The highest BCUT2D eigenvalue weighted by Crippen LogP contribution is 2.13. The summed E-state index contributed by atoms with van der Waals surface area (Å²) in [5, 5.41) is 12.0. The van der Waals surface area contributed by atoms with Crippen molar-refractivity contribution in [2.45, 2.75) is 13.1 Å². The van der Waals surface area contributed by atoms with E-state index in [1.807, 2.05) is 48.7 Å².